The van der Waals surface area contributed by atoms with Crippen molar-refractivity contribution >= 4 is 35.0 Å². The standard InChI is InChI=1S/2C22H42O2.Mg/c2*1-2-3-4-5-6-7-8-9-10-11-12-13-14-15-16-17-18-19-20-21-22(23)24;/h2*9-10H,2-8,11-21H2,1H3,(H,23,24);/q;;+2/p-2/b2*10-9-;. The Bertz CT molecular complexity index is 632. The number of carbonyl (C=O) groups is 2. The SMILES string of the molecule is CCCCCCCC/C=C\CCCCCCCCCCCC(=O)[O-].CCCCCCCC/C=C\CCCCCCCCCCCC(=O)[O-].[Mg+2]. The van der Waals surface area contributed by atoms with Crippen molar-refractivity contribution in [2.45, 2.75) is 245 Å². The molecule has 0 heterocycles. The van der Waals surface area contributed by atoms with Crippen molar-refractivity contribution < 1.29 is 19.8 Å². The van der Waals surface area contributed by atoms with Crippen LogP contribution in [0.25, 0.3) is 0 Å². The summed E-state index contributed by atoms with van der Waals surface area (Å²) in [6, 6.07) is 0. The van der Waals surface area contributed by atoms with Crippen LogP contribution in [0.1, 0.15) is 245 Å². The van der Waals surface area contributed by atoms with Crippen LogP contribution in [-0.2, 0) is 9.59 Å². The van der Waals surface area contributed by atoms with Crippen molar-refractivity contribution in [2.75, 3.05) is 0 Å². The van der Waals surface area contributed by atoms with Crippen LogP contribution in [0.5, 0.6) is 0 Å². The number of unbranched alkanes of at least 4 members (excludes halogenated alkanes) is 30. The molecule has 49 heavy (non-hydrogen) atoms. The molecule has 5 heteroatoms. The molecule has 0 fully saturated rings. The molecule has 4 nitrogen and oxygen atoms in total. The van der Waals surface area contributed by atoms with Crippen LogP contribution in [0.15, 0.2) is 24.3 Å². The van der Waals surface area contributed by atoms with Gasteiger partial charge in [-0.05, 0) is 77.0 Å². The summed E-state index contributed by atoms with van der Waals surface area (Å²) >= 11 is 0. The van der Waals surface area contributed by atoms with E-state index in [4.69, 9.17) is 0 Å². The summed E-state index contributed by atoms with van der Waals surface area (Å²) in [6.45, 7) is 4.54. The number of carboxylic acids is 2. The molecular formula is C44H82MgO4. The molecule has 0 aliphatic carbocycles. The van der Waals surface area contributed by atoms with E-state index in [-0.39, 0.29) is 35.9 Å². The maximum absolute atomic E-state index is 10.3. The average molecular weight is 699 g/mol. The Morgan fingerprint density at radius 1 is 0.327 bits per heavy atom. The van der Waals surface area contributed by atoms with Crippen molar-refractivity contribution in [1.82, 2.24) is 0 Å². The number of aliphatic carboxylic acids is 2. The Labute approximate surface area is 322 Å². The van der Waals surface area contributed by atoms with Gasteiger partial charge < -0.3 is 19.8 Å². The molecule has 0 aromatic carbocycles. The van der Waals surface area contributed by atoms with Gasteiger partial charge in [-0.25, -0.2) is 0 Å². The van der Waals surface area contributed by atoms with E-state index < -0.39 is 11.9 Å². The van der Waals surface area contributed by atoms with Crippen molar-refractivity contribution in [3.05, 3.63) is 24.3 Å². The second-order valence-electron chi connectivity index (χ2n) is 14.2. The molecule has 0 aliphatic rings. The van der Waals surface area contributed by atoms with E-state index in [1.807, 2.05) is 0 Å². The molecule has 0 saturated heterocycles. The topological polar surface area (TPSA) is 80.3 Å². The fourth-order valence-electron chi connectivity index (χ4n) is 6.09. The third-order valence-corrected chi connectivity index (χ3v) is 9.29. The van der Waals surface area contributed by atoms with E-state index in [9.17, 15) is 19.8 Å². The zero-order valence-electron chi connectivity index (χ0n) is 33.1. The Morgan fingerprint density at radius 3 is 0.714 bits per heavy atom. The summed E-state index contributed by atoms with van der Waals surface area (Å²) in [5, 5.41) is 20.5. The quantitative estimate of drug-likeness (QED) is 0.0365. The van der Waals surface area contributed by atoms with Gasteiger partial charge in [-0.3, -0.25) is 0 Å². The molecule has 284 valence electrons. The number of hydrogen-bond acceptors (Lipinski definition) is 4. The zero-order chi connectivity index (χ0) is 35.4. The van der Waals surface area contributed by atoms with Crippen molar-refractivity contribution in [3.63, 3.8) is 0 Å². The molecular weight excluding hydrogens is 617 g/mol. The number of allylic oxidation sites excluding steroid dienone is 4. The Kier molecular flexibility index (Phi) is 52.9. The van der Waals surface area contributed by atoms with Crippen LogP contribution in [0.4, 0.5) is 0 Å². The molecule has 0 amide bonds. The summed E-state index contributed by atoms with van der Waals surface area (Å²) in [7, 11) is 0. The van der Waals surface area contributed by atoms with Gasteiger partial charge in [0.25, 0.3) is 0 Å². The zero-order valence-corrected chi connectivity index (χ0v) is 34.5. The Morgan fingerprint density at radius 2 is 0.510 bits per heavy atom. The van der Waals surface area contributed by atoms with E-state index in [1.54, 1.807) is 0 Å². The first-order valence-corrected chi connectivity index (χ1v) is 21.2. The minimum atomic E-state index is -0.906. The monoisotopic (exact) mass is 699 g/mol. The number of hydrogen-bond donors (Lipinski definition) is 0. The summed E-state index contributed by atoms with van der Waals surface area (Å²) in [5.74, 6) is -1.81. The van der Waals surface area contributed by atoms with Crippen LogP contribution in [-0.4, -0.2) is 35.0 Å². The van der Waals surface area contributed by atoms with Crippen LogP contribution in [0, 0.1) is 0 Å². The second-order valence-corrected chi connectivity index (χ2v) is 14.2. The predicted molar refractivity (Wildman–Crippen MR) is 212 cm³/mol. The van der Waals surface area contributed by atoms with Gasteiger partial charge in [-0.15, -0.1) is 0 Å². The van der Waals surface area contributed by atoms with E-state index >= 15 is 0 Å². The van der Waals surface area contributed by atoms with E-state index in [1.165, 1.54) is 193 Å². The van der Waals surface area contributed by atoms with Crippen molar-refractivity contribution in [3.8, 4) is 0 Å². The van der Waals surface area contributed by atoms with Crippen molar-refractivity contribution in [2.24, 2.45) is 0 Å². The van der Waals surface area contributed by atoms with Gasteiger partial charge in [0.15, 0.2) is 0 Å². The van der Waals surface area contributed by atoms with Gasteiger partial charge in [0.05, 0.1) is 0 Å². The second kappa shape index (κ2) is 49.3. The molecule has 0 aromatic rings. The van der Waals surface area contributed by atoms with Gasteiger partial charge in [0.1, 0.15) is 0 Å². The van der Waals surface area contributed by atoms with E-state index in [0.29, 0.717) is 0 Å². The fraction of sp³-hybridized carbons (Fsp3) is 0.864. The Hall–Kier alpha value is -0.814. The first-order valence-electron chi connectivity index (χ1n) is 21.2. The first-order chi connectivity index (χ1) is 23.5. The average Bonchev–Trinajstić information content (AvgIpc) is 3.07. The maximum atomic E-state index is 10.3. The largest absolute Gasteiger partial charge is 2.00 e. The minimum Gasteiger partial charge on any atom is -0.550 e. The van der Waals surface area contributed by atoms with Gasteiger partial charge in [0, 0.05) is 11.9 Å². The van der Waals surface area contributed by atoms with Gasteiger partial charge >= 0.3 is 23.1 Å². The molecule has 0 rings (SSSR count). The van der Waals surface area contributed by atoms with Crippen LogP contribution < -0.4 is 10.2 Å². The maximum Gasteiger partial charge on any atom is 2.00 e. The van der Waals surface area contributed by atoms with Gasteiger partial charge in [-0.1, -0.05) is 192 Å². The molecule has 0 radical (unpaired) electrons. The molecule has 0 N–H and O–H groups in total. The van der Waals surface area contributed by atoms with Gasteiger partial charge in [0.2, 0.25) is 0 Å². The number of rotatable bonds is 38. The molecule has 0 spiro atoms. The molecule has 0 bridgehead atoms. The summed E-state index contributed by atoms with van der Waals surface area (Å²) in [4.78, 5) is 20.5. The normalized spacial score (nSPS) is 11.1. The molecule has 0 atom stereocenters. The number of carbonyl (C=O) groups excluding carboxylic acids is 2. The van der Waals surface area contributed by atoms with E-state index in [2.05, 4.69) is 38.2 Å². The van der Waals surface area contributed by atoms with Gasteiger partial charge in [-0.2, -0.15) is 0 Å². The van der Waals surface area contributed by atoms with E-state index in [0.717, 1.165) is 25.7 Å². The smallest absolute Gasteiger partial charge is 0.550 e. The van der Waals surface area contributed by atoms with Crippen LogP contribution in [0.2, 0.25) is 0 Å². The summed E-state index contributed by atoms with van der Waals surface area (Å²) < 4.78 is 0. The Balaban J connectivity index is -0.000000846. The molecule has 0 aliphatic heterocycles. The molecule has 0 unspecified atom stereocenters. The van der Waals surface area contributed by atoms with Crippen LogP contribution >= 0.6 is 0 Å². The summed E-state index contributed by atoms with van der Waals surface area (Å²) in [5.41, 5.74) is 0. The fourth-order valence-corrected chi connectivity index (χ4v) is 6.09. The van der Waals surface area contributed by atoms with Crippen LogP contribution in [0.3, 0.4) is 0 Å². The predicted octanol–water partition coefficient (Wildman–Crippen LogP) is 12.3. The third-order valence-electron chi connectivity index (χ3n) is 9.29. The molecule has 0 aromatic heterocycles. The van der Waals surface area contributed by atoms with Crippen molar-refractivity contribution in [1.29, 1.82) is 0 Å². The first kappa shape index (κ1) is 52.5. The summed E-state index contributed by atoms with van der Waals surface area (Å²) in [6.07, 6.45) is 53.5. The third kappa shape index (κ3) is 56.8. The minimum absolute atomic E-state index is 0. The number of carboxylic acid groups (broad SMARTS) is 2. The molecule has 0 saturated carbocycles.